The molecule has 7 heteroatoms. The lowest BCUT2D eigenvalue weighted by Gasteiger charge is -2.12. The van der Waals surface area contributed by atoms with Crippen molar-refractivity contribution < 1.29 is 0 Å². The van der Waals surface area contributed by atoms with Crippen LogP contribution in [0.15, 0.2) is 106 Å². The fourth-order valence-electron chi connectivity index (χ4n) is 3.06. The minimum Gasteiger partial charge on any atom is -0.266 e. The van der Waals surface area contributed by atoms with E-state index in [2.05, 4.69) is 10.3 Å². The molecule has 0 unspecified atom stereocenters. The van der Waals surface area contributed by atoms with E-state index < -0.39 is 0 Å². The van der Waals surface area contributed by atoms with Crippen molar-refractivity contribution in [2.45, 2.75) is 10.1 Å². The SMILES string of the molecule is O=c1c2nnn(-c3ccccc3)c2nc(Sc2ccccc2)n1-c1ccccc1. The lowest BCUT2D eigenvalue weighted by atomic mass is 10.3. The number of fused-ring (bicyclic) bond motifs is 1. The summed E-state index contributed by atoms with van der Waals surface area (Å²) in [7, 11) is 0. The maximum atomic E-state index is 13.4. The van der Waals surface area contributed by atoms with Crippen molar-refractivity contribution in [3.63, 3.8) is 0 Å². The maximum absolute atomic E-state index is 13.4. The Bertz CT molecular complexity index is 1330. The Kier molecular flexibility index (Phi) is 4.42. The number of para-hydroxylation sites is 2. The van der Waals surface area contributed by atoms with E-state index in [1.165, 1.54) is 11.8 Å². The molecule has 2 aromatic heterocycles. The average molecular weight is 397 g/mol. The van der Waals surface area contributed by atoms with Gasteiger partial charge in [-0.1, -0.05) is 71.6 Å². The van der Waals surface area contributed by atoms with Crippen LogP contribution in [0.4, 0.5) is 0 Å². The predicted molar refractivity (Wildman–Crippen MR) is 113 cm³/mol. The van der Waals surface area contributed by atoms with Crippen LogP contribution in [0.2, 0.25) is 0 Å². The fraction of sp³-hybridized carbons (Fsp3) is 0. The van der Waals surface area contributed by atoms with Gasteiger partial charge in [0.2, 0.25) is 0 Å². The third-order valence-corrected chi connectivity index (χ3v) is 5.38. The lowest BCUT2D eigenvalue weighted by Crippen LogP contribution is -2.22. The van der Waals surface area contributed by atoms with Gasteiger partial charge in [-0.25, -0.2) is 4.98 Å². The van der Waals surface area contributed by atoms with Crippen molar-refractivity contribution >= 4 is 22.9 Å². The van der Waals surface area contributed by atoms with Crippen LogP contribution in [0.5, 0.6) is 0 Å². The predicted octanol–water partition coefficient (Wildman–Crippen LogP) is 4.12. The van der Waals surface area contributed by atoms with E-state index in [1.807, 2.05) is 91.0 Å². The Morgan fingerprint density at radius 2 is 1.31 bits per heavy atom. The van der Waals surface area contributed by atoms with E-state index in [0.29, 0.717) is 10.8 Å². The zero-order valence-corrected chi connectivity index (χ0v) is 16.0. The molecule has 0 saturated carbocycles. The van der Waals surface area contributed by atoms with Crippen LogP contribution in [0.3, 0.4) is 0 Å². The zero-order valence-electron chi connectivity index (χ0n) is 15.2. The third-order valence-electron chi connectivity index (χ3n) is 4.41. The molecule has 5 aromatic rings. The van der Waals surface area contributed by atoms with Gasteiger partial charge in [0.05, 0.1) is 11.4 Å². The number of aromatic nitrogens is 5. The van der Waals surface area contributed by atoms with E-state index >= 15 is 0 Å². The lowest BCUT2D eigenvalue weighted by molar-refractivity contribution is 0.794. The summed E-state index contributed by atoms with van der Waals surface area (Å²) in [6.07, 6.45) is 0. The Hall–Kier alpha value is -3.71. The van der Waals surface area contributed by atoms with E-state index in [9.17, 15) is 4.79 Å². The second-order valence-electron chi connectivity index (χ2n) is 6.29. The van der Waals surface area contributed by atoms with Crippen molar-refractivity contribution in [3.8, 4) is 11.4 Å². The van der Waals surface area contributed by atoms with E-state index in [1.54, 1.807) is 9.25 Å². The van der Waals surface area contributed by atoms with E-state index in [4.69, 9.17) is 4.98 Å². The molecule has 0 fully saturated rings. The van der Waals surface area contributed by atoms with Gasteiger partial charge in [-0.2, -0.15) is 4.68 Å². The maximum Gasteiger partial charge on any atom is 0.288 e. The molecule has 0 spiro atoms. The quantitative estimate of drug-likeness (QED) is 0.427. The Labute approximate surface area is 170 Å². The summed E-state index contributed by atoms with van der Waals surface area (Å²) in [6.45, 7) is 0. The second kappa shape index (κ2) is 7.37. The van der Waals surface area contributed by atoms with Crippen LogP contribution >= 0.6 is 11.8 Å². The number of benzene rings is 3. The highest BCUT2D eigenvalue weighted by Gasteiger charge is 2.19. The minimum absolute atomic E-state index is 0.232. The van der Waals surface area contributed by atoms with Gasteiger partial charge in [0.1, 0.15) is 0 Å². The highest BCUT2D eigenvalue weighted by Crippen LogP contribution is 2.28. The molecule has 2 heterocycles. The van der Waals surface area contributed by atoms with Crippen molar-refractivity contribution in [1.82, 2.24) is 24.5 Å². The van der Waals surface area contributed by atoms with Crippen molar-refractivity contribution in [3.05, 3.63) is 101 Å². The van der Waals surface area contributed by atoms with Crippen LogP contribution in [-0.2, 0) is 0 Å². The van der Waals surface area contributed by atoms with Gasteiger partial charge in [0.15, 0.2) is 16.3 Å². The Balaban J connectivity index is 1.78. The smallest absolute Gasteiger partial charge is 0.266 e. The molecule has 5 rings (SSSR count). The number of nitrogens with zero attached hydrogens (tertiary/aromatic N) is 5. The van der Waals surface area contributed by atoms with Gasteiger partial charge in [-0.15, -0.1) is 5.10 Å². The van der Waals surface area contributed by atoms with Crippen LogP contribution in [-0.4, -0.2) is 24.5 Å². The normalized spacial score (nSPS) is 11.0. The molecule has 0 atom stereocenters. The topological polar surface area (TPSA) is 65.6 Å². The summed E-state index contributed by atoms with van der Waals surface area (Å²) in [6, 6.07) is 28.9. The first kappa shape index (κ1) is 17.4. The van der Waals surface area contributed by atoms with Crippen molar-refractivity contribution in [2.75, 3.05) is 0 Å². The summed E-state index contributed by atoms with van der Waals surface area (Å²) in [5.41, 5.74) is 1.96. The first-order valence-corrected chi connectivity index (χ1v) is 9.85. The molecule has 6 nitrogen and oxygen atoms in total. The van der Waals surface area contributed by atoms with Crippen LogP contribution in [0.1, 0.15) is 0 Å². The summed E-state index contributed by atoms with van der Waals surface area (Å²) in [4.78, 5) is 19.2. The molecule has 0 radical (unpaired) electrons. The third kappa shape index (κ3) is 3.21. The van der Waals surface area contributed by atoms with Crippen LogP contribution in [0.25, 0.3) is 22.5 Å². The average Bonchev–Trinajstić information content (AvgIpc) is 3.20. The van der Waals surface area contributed by atoms with Crippen LogP contribution < -0.4 is 5.56 Å². The number of hydrogen-bond acceptors (Lipinski definition) is 5. The molecule has 0 aliphatic carbocycles. The molecule has 29 heavy (non-hydrogen) atoms. The van der Waals surface area contributed by atoms with Gasteiger partial charge < -0.3 is 0 Å². The van der Waals surface area contributed by atoms with E-state index in [0.717, 1.165) is 16.3 Å². The molecular weight excluding hydrogens is 382 g/mol. The van der Waals surface area contributed by atoms with Gasteiger partial charge in [0, 0.05) is 4.90 Å². The Morgan fingerprint density at radius 1 is 0.724 bits per heavy atom. The molecular formula is C22H15N5OS. The highest BCUT2D eigenvalue weighted by atomic mass is 32.2. The minimum atomic E-state index is -0.248. The summed E-state index contributed by atoms with van der Waals surface area (Å²) >= 11 is 1.43. The monoisotopic (exact) mass is 397 g/mol. The number of hydrogen-bond donors (Lipinski definition) is 0. The molecule has 0 bridgehead atoms. The van der Waals surface area contributed by atoms with E-state index in [-0.39, 0.29) is 11.1 Å². The molecule has 140 valence electrons. The second-order valence-corrected chi connectivity index (χ2v) is 7.34. The van der Waals surface area contributed by atoms with Gasteiger partial charge in [-0.3, -0.25) is 9.36 Å². The molecule has 0 N–H and O–H groups in total. The summed E-state index contributed by atoms with van der Waals surface area (Å²) < 4.78 is 3.19. The van der Waals surface area contributed by atoms with Crippen molar-refractivity contribution in [2.24, 2.45) is 0 Å². The van der Waals surface area contributed by atoms with Crippen molar-refractivity contribution in [1.29, 1.82) is 0 Å². The number of rotatable bonds is 4. The standard InChI is InChI=1S/C22H15N5OS/c28-21-19-20(27(25-24-19)17-12-6-2-7-13-17)23-22(29-18-14-8-3-9-15-18)26(21)16-10-4-1-5-11-16/h1-15H. The Morgan fingerprint density at radius 3 is 1.97 bits per heavy atom. The first-order valence-electron chi connectivity index (χ1n) is 9.03. The first-order chi connectivity index (χ1) is 14.3. The largest absolute Gasteiger partial charge is 0.288 e. The highest BCUT2D eigenvalue weighted by molar-refractivity contribution is 7.99. The van der Waals surface area contributed by atoms with Gasteiger partial charge in [-0.05, 0) is 36.4 Å². The molecule has 0 saturated heterocycles. The molecule has 0 aliphatic rings. The molecule has 0 amide bonds. The van der Waals surface area contributed by atoms with Gasteiger partial charge >= 0.3 is 0 Å². The van der Waals surface area contributed by atoms with Crippen LogP contribution in [0, 0.1) is 0 Å². The molecule has 3 aromatic carbocycles. The van der Waals surface area contributed by atoms with Gasteiger partial charge in [0.25, 0.3) is 5.56 Å². The molecule has 0 aliphatic heterocycles. The zero-order chi connectivity index (χ0) is 19.6. The summed E-state index contributed by atoms with van der Waals surface area (Å²) in [5, 5.41) is 8.88. The summed E-state index contributed by atoms with van der Waals surface area (Å²) in [5.74, 6) is 0. The fourth-order valence-corrected chi connectivity index (χ4v) is 3.97.